The van der Waals surface area contributed by atoms with Crippen LogP contribution in [0.15, 0.2) is 47.8 Å². The number of anilines is 2. The number of unbranched alkanes of at least 4 members (excludes halogenated alkanes) is 2. The summed E-state index contributed by atoms with van der Waals surface area (Å²) in [5, 5.41) is 3.55. The topological polar surface area (TPSA) is 62.3 Å². The van der Waals surface area contributed by atoms with E-state index in [1.54, 1.807) is 4.90 Å². The van der Waals surface area contributed by atoms with E-state index in [2.05, 4.69) is 46.4 Å². The van der Waals surface area contributed by atoms with E-state index in [1.165, 1.54) is 15.8 Å². The molecule has 0 radical (unpaired) electrons. The Bertz CT molecular complexity index is 1320. The van der Waals surface area contributed by atoms with E-state index in [0.717, 1.165) is 81.8 Å². The third-order valence-corrected chi connectivity index (χ3v) is 9.19. The van der Waals surface area contributed by atoms with Gasteiger partial charge < -0.3 is 14.4 Å². The molecule has 1 unspecified atom stereocenters. The fourth-order valence-electron chi connectivity index (χ4n) is 5.74. The number of amides is 1. The van der Waals surface area contributed by atoms with Gasteiger partial charge in [0.25, 0.3) is 0 Å². The van der Waals surface area contributed by atoms with Crippen LogP contribution in [-0.2, 0) is 20.7 Å². The first-order valence-electron chi connectivity index (χ1n) is 15.2. The molecule has 2 aliphatic rings. The van der Waals surface area contributed by atoms with Gasteiger partial charge in [-0.05, 0) is 67.4 Å². The molecule has 41 heavy (non-hydrogen) atoms. The number of ether oxygens (including phenoxy) is 2. The minimum Gasteiger partial charge on any atom is -0.494 e. The summed E-state index contributed by atoms with van der Waals surface area (Å²) >= 11 is 1.81. The standard InChI is InChI=1S/C33H43N3O4S/c1-3-4-8-25(2)33(38)40-24-36-30-23-27(13-11-26(30)12-14-32(36)37)39-21-6-5-16-34-17-19-35(20-18-34)29-9-7-10-31-28(29)15-22-41-31/h7,9-11,13,15,22-23,25H,3-6,8,12,14,16-21,24H2,1-2H3. The van der Waals surface area contributed by atoms with Crippen LogP contribution in [0.2, 0.25) is 0 Å². The summed E-state index contributed by atoms with van der Waals surface area (Å²) in [6.07, 6.45) is 6.02. The lowest BCUT2D eigenvalue weighted by Crippen LogP contribution is -2.46. The maximum Gasteiger partial charge on any atom is 0.310 e. The predicted octanol–water partition coefficient (Wildman–Crippen LogP) is 6.49. The molecule has 1 aromatic heterocycles. The van der Waals surface area contributed by atoms with Gasteiger partial charge in [0, 0.05) is 54.4 Å². The summed E-state index contributed by atoms with van der Waals surface area (Å²) in [6, 6.07) is 14.8. The number of hydrogen-bond acceptors (Lipinski definition) is 7. The summed E-state index contributed by atoms with van der Waals surface area (Å²) in [4.78, 5) is 31.8. The molecule has 0 N–H and O–H groups in total. The van der Waals surface area contributed by atoms with E-state index < -0.39 is 0 Å². The molecule has 220 valence electrons. The molecule has 1 atom stereocenters. The Morgan fingerprint density at radius 1 is 1.00 bits per heavy atom. The van der Waals surface area contributed by atoms with E-state index in [0.29, 0.717) is 19.4 Å². The van der Waals surface area contributed by atoms with Crippen LogP contribution in [-0.4, -0.2) is 62.8 Å². The highest BCUT2D eigenvalue weighted by atomic mass is 32.1. The fraction of sp³-hybridized carbons (Fsp3) is 0.515. The van der Waals surface area contributed by atoms with Gasteiger partial charge >= 0.3 is 5.97 Å². The molecule has 3 aromatic rings. The molecule has 1 saturated heterocycles. The Morgan fingerprint density at radius 2 is 1.85 bits per heavy atom. The SMILES string of the molecule is CCCCC(C)C(=O)OCN1C(=O)CCc2ccc(OCCCCN3CCN(c4cccc5sccc45)CC3)cc21. The van der Waals surface area contributed by atoms with Crippen LogP contribution in [0.25, 0.3) is 10.1 Å². The van der Waals surface area contributed by atoms with Gasteiger partial charge in [-0.3, -0.25) is 19.4 Å². The normalized spacial score (nSPS) is 16.6. The zero-order valence-electron chi connectivity index (χ0n) is 24.5. The number of nitrogens with zero attached hydrogens (tertiary/aromatic N) is 3. The van der Waals surface area contributed by atoms with Crippen molar-refractivity contribution in [1.29, 1.82) is 0 Å². The second-order valence-corrected chi connectivity index (χ2v) is 12.2. The van der Waals surface area contributed by atoms with Crippen LogP contribution < -0.4 is 14.5 Å². The molecule has 0 aliphatic carbocycles. The van der Waals surface area contributed by atoms with Crippen molar-refractivity contribution in [2.45, 2.75) is 58.8 Å². The smallest absolute Gasteiger partial charge is 0.310 e. The average Bonchev–Trinajstić information content (AvgIpc) is 3.49. The summed E-state index contributed by atoms with van der Waals surface area (Å²) in [6.45, 7) is 9.95. The second kappa shape index (κ2) is 14.2. The number of fused-ring (bicyclic) bond motifs is 2. The number of carbonyl (C=O) groups is 2. The number of hydrogen-bond donors (Lipinski definition) is 0. The van der Waals surface area contributed by atoms with E-state index in [1.807, 2.05) is 36.5 Å². The molecule has 0 bridgehead atoms. The van der Waals surface area contributed by atoms with Crippen molar-refractivity contribution in [1.82, 2.24) is 4.90 Å². The maximum absolute atomic E-state index is 12.7. The molecule has 2 aromatic carbocycles. The molecular weight excluding hydrogens is 534 g/mol. The number of rotatable bonds is 13. The maximum atomic E-state index is 12.7. The number of thiophene rings is 1. The Balaban J connectivity index is 1.05. The summed E-state index contributed by atoms with van der Waals surface area (Å²) in [5.74, 6) is 0.332. The molecule has 1 fully saturated rings. The minimum absolute atomic E-state index is 0.0178. The Labute approximate surface area is 248 Å². The van der Waals surface area contributed by atoms with E-state index in [9.17, 15) is 9.59 Å². The van der Waals surface area contributed by atoms with Crippen molar-refractivity contribution in [3.05, 3.63) is 53.4 Å². The first kappa shape index (κ1) is 29.4. The van der Waals surface area contributed by atoms with Crippen molar-refractivity contribution in [3.8, 4) is 5.75 Å². The highest BCUT2D eigenvalue weighted by Gasteiger charge is 2.26. The second-order valence-electron chi connectivity index (χ2n) is 11.2. The van der Waals surface area contributed by atoms with E-state index in [-0.39, 0.29) is 24.5 Å². The molecule has 8 heteroatoms. The lowest BCUT2D eigenvalue weighted by Gasteiger charge is -2.36. The number of piperazine rings is 1. The van der Waals surface area contributed by atoms with Crippen LogP contribution in [0, 0.1) is 5.92 Å². The van der Waals surface area contributed by atoms with Crippen LogP contribution in [0.4, 0.5) is 11.4 Å². The average molecular weight is 578 g/mol. The molecular formula is C33H43N3O4S. The summed E-state index contributed by atoms with van der Waals surface area (Å²) in [5.41, 5.74) is 3.24. The van der Waals surface area contributed by atoms with Crippen LogP contribution in [0.3, 0.4) is 0 Å². The zero-order chi connectivity index (χ0) is 28.6. The molecule has 5 rings (SSSR count). The van der Waals surface area contributed by atoms with Gasteiger partial charge in [-0.2, -0.15) is 0 Å². The quantitative estimate of drug-likeness (QED) is 0.171. The lowest BCUT2D eigenvalue weighted by molar-refractivity contribution is -0.148. The molecule has 2 aliphatic heterocycles. The van der Waals surface area contributed by atoms with Crippen molar-refractivity contribution in [2.75, 3.05) is 55.9 Å². The van der Waals surface area contributed by atoms with Crippen LogP contribution >= 0.6 is 11.3 Å². The lowest BCUT2D eigenvalue weighted by atomic mass is 10.0. The monoisotopic (exact) mass is 577 g/mol. The highest BCUT2D eigenvalue weighted by molar-refractivity contribution is 7.17. The first-order valence-corrected chi connectivity index (χ1v) is 16.1. The highest BCUT2D eigenvalue weighted by Crippen LogP contribution is 2.33. The molecule has 7 nitrogen and oxygen atoms in total. The van der Waals surface area contributed by atoms with Crippen molar-refractivity contribution in [3.63, 3.8) is 0 Å². The summed E-state index contributed by atoms with van der Waals surface area (Å²) in [7, 11) is 0. The zero-order valence-corrected chi connectivity index (χ0v) is 25.3. The molecule has 1 amide bonds. The number of aryl methyl sites for hydroxylation is 1. The van der Waals surface area contributed by atoms with Crippen molar-refractivity contribution in [2.24, 2.45) is 5.92 Å². The Kier molecular flexibility index (Phi) is 10.2. The van der Waals surface area contributed by atoms with Crippen molar-refractivity contribution < 1.29 is 19.1 Å². The fourth-order valence-corrected chi connectivity index (χ4v) is 6.55. The largest absolute Gasteiger partial charge is 0.494 e. The number of carbonyl (C=O) groups excluding carboxylic acids is 2. The van der Waals surface area contributed by atoms with Gasteiger partial charge in [-0.15, -0.1) is 11.3 Å². The molecule has 0 saturated carbocycles. The first-order chi connectivity index (χ1) is 20.0. The molecule has 0 spiro atoms. The van der Waals surface area contributed by atoms with Gasteiger partial charge in [0.05, 0.1) is 18.2 Å². The Hall–Kier alpha value is -3.10. The van der Waals surface area contributed by atoms with Crippen molar-refractivity contribution >= 4 is 44.7 Å². The molecule has 3 heterocycles. The minimum atomic E-state index is -0.244. The number of benzene rings is 2. The van der Waals surface area contributed by atoms with E-state index in [4.69, 9.17) is 9.47 Å². The van der Waals surface area contributed by atoms with Gasteiger partial charge in [0.1, 0.15) is 5.75 Å². The van der Waals surface area contributed by atoms with Crippen LogP contribution in [0.5, 0.6) is 5.75 Å². The van der Waals surface area contributed by atoms with Gasteiger partial charge in [0.15, 0.2) is 6.73 Å². The van der Waals surface area contributed by atoms with Gasteiger partial charge in [-0.25, -0.2) is 0 Å². The van der Waals surface area contributed by atoms with E-state index >= 15 is 0 Å². The third-order valence-electron chi connectivity index (χ3n) is 8.31. The summed E-state index contributed by atoms with van der Waals surface area (Å²) < 4.78 is 13.0. The van der Waals surface area contributed by atoms with Gasteiger partial charge in [-0.1, -0.05) is 38.8 Å². The Morgan fingerprint density at radius 3 is 2.68 bits per heavy atom. The van der Waals surface area contributed by atoms with Crippen LogP contribution in [0.1, 0.15) is 57.9 Å². The third kappa shape index (κ3) is 7.41. The van der Waals surface area contributed by atoms with Gasteiger partial charge in [0.2, 0.25) is 5.91 Å². The predicted molar refractivity (Wildman–Crippen MR) is 167 cm³/mol. The number of esters is 1.